The van der Waals surface area contributed by atoms with Gasteiger partial charge in [-0.15, -0.1) is 0 Å². The maximum absolute atomic E-state index is 3.48. The molecular formula is C17H26N2. The van der Waals surface area contributed by atoms with Crippen LogP contribution in [0.5, 0.6) is 0 Å². The highest BCUT2D eigenvalue weighted by atomic mass is 15.1. The number of nitrogens with zero attached hydrogens (tertiary/aromatic N) is 1. The second-order valence-corrected chi connectivity index (χ2v) is 6.21. The molecule has 0 atom stereocenters. The lowest BCUT2D eigenvalue weighted by atomic mass is 9.86. The molecule has 0 aromatic heterocycles. The summed E-state index contributed by atoms with van der Waals surface area (Å²) in [7, 11) is 0. The summed E-state index contributed by atoms with van der Waals surface area (Å²) in [6.45, 7) is 8.34. The van der Waals surface area contributed by atoms with Crippen LogP contribution in [0.25, 0.3) is 0 Å². The van der Waals surface area contributed by atoms with Gasteiger partial charge >= 0.3 is 0 Å². The Labute approximate surface area is 117 Å². The molecule has 19 heavy (non-hydrogen) atoms. The van der Waals surface area contributed by atoms with Crippen molar-refractivity contribution in [1.29, 1.82) is 0 Å². The fraction of sp³-hybridized carbons (Fsp3) is 0.647. The monoisotopic (exact) mass is 258 g/mol. The van der Waals surface area contributed by atoms with E-state index in [2.05, 4.69) is 35.3 Å². The zero-order valence-electron chi connectivity index (χ0n) is 12.1. The summed E-state index contributed by atoms with van der Waals surface area (Å²) in [6.07, 6.45) is 5.37. The third kappa shape index (κ3) is 3.18. The van der Waals surface area contributed by atoms with Crippen LogP contribution in [-0.2, 0) is 6.54 Å². The van der Waals surface area contributed by atoms with E-state index in [-0.39, 0.29) is 0 Å². The number of hydrogen-bond acceptors (Lipinski definition) is 2. The smallest absolute Gasteiger partial charge is 0.0236 e. The van der Waals surface area contributed by atoms with Crippen molar-refractivity contribution in [3.05, 3.63) is 34.9 Å². The number of likely N-dealkylation sites (tertiary alicyclic amines) is 1. The second kappa shape index (κ2) is 6.06. The van der Waals surface area contributed by atoms with Gasteiger partial charge in [0.1, 0.15) is 0 Å². The topological polar surface area (TPSA) is 15.3 Å². The average molecular weight is 258 g/mol. The minimum Gasteiger partial charge on any atom is -0.317 e. The van der Waals surface area contributed by atoms with Crippen LogP contribution in [-0.4, -0.2) is 31.1 Å². The van der Waals surface area contributed by atoms with Crippen molar-refractivity contribution >= 4 is 0 Å². The summed E-state index contributed by atoms with van der Waals surface area (Å²) < 4.78 is 0. The SMILES string of the molecule is Cc1ccc(C2CCNCC2)c(CN2CCCC2)c1. The largest absolute Gasteiger partial charge is 0.317 e. The molecule has 2 aliphatic rings. The van der Waals surface area contributed by atoms with Gasteiger partial charge in [0.05, 0.1) is 0 Å². The maximum Gasteiger partial charge on any atom is 0.0236 e. The molecular weight excluding hydrogens is 232 g/mol. The molecule has 0 unspecified atom stereocenters. The average Bonchev–Trinajstić information content (AvgIpc) is 2.93. The third-order valence-corrected chi connectivity index (χ3v) is 4.67. The Hall–Kier alpha value is -0.860. The van der Waals surface area contributed by atoms with Gasteiger partial charge in [0.15, 0.2) is 0 Å². The minimum absolute atomic E-state index is 0.777. The molecule has 0 bridgehead atoms. The van der Waals surface area contributed by atoms with Gasteiger partial charge in [0.25, 0.3) is 0 Å². The Morgan fingerprint density at radius 3 is 2.63 bits per heavy atom. The van der Waals surface area contributed by atoms with Gasteiger partial charge in [-0.05, 0) is 75.8 Å². The van der Waals surface area contributed by atoms with Crippen molar-refractivity contribution in [2.75, 3.05) is 26.2 Å². The molecule has 2 nitrogen and oxygen atoms in total. The fourth-order valence-corrected chi connectivity index (χ4v) is 3.58. The Morgan fingerprint density at radius 2 is 1.89 bits per heavy atom. The van der Waals surface area contributed by atoms with Crippen LogP contribution in [0.2, 0.25) is 0 Å². The Bertz CT molecular complexity index is 415. The second-order valence-electron chi connectivity index (χ2n) is 6.21. The standard InChI is InChI=1S/C17H26N2/c1-14-4-5-17(15-6-8-18-9-7-15)16(12-14)13-19-10-2-3-11-19/h4-5,12,15,18H,2-3,6-11,13H2,1H3. The van der Waals surface area contributed by atoms with Crippen molar-refractivity contribution in [1.82, 2.24) is 10.2 Å². The molecule has 104 valence electrons. The molecule has 0 radical (unpaired) electrons. The number of rotatable bonds is 3. The molecule has 0 saturated carbocycles. The van der Waals surface area contributed by atoms with E-state index in [9.17, 15) is 0 Å². The summed E-state index contributed by atoms with van der Waals surface area (Å²) in [4.78, 5) is 2.62. The first-order valence-electron chi connectivity index (χ1n) is 7.85. The van der Waals surface area contributed by atoms with Gasteiger partial charge in [0, 0.05) is 6.54 Å². The molecule has 2 saturated heterocycles. The molecule has 3 rings (SSSR count). The predicted octanol–water partition coefficient (Wildman–Crippen LogP) is 3.06. The molecule has 1 N–H and O–H groups in total. The van der Waals surface area contributed by atoms with E-state index in [0.29, 0.717) is 0 Å². The van der Waals surface area contributed by atoms with Crippen LogP contribution in [0.15, 0.2) is 18.2 Å². The molecule has 2 aliphatic heterocycles. The highest BCUT2D eigenvalue weighted by Crippen LogP contribution is 2.30. The molecule has 0 spiro atoms. The van der Waals surface area contributed by atoms with Crippen molar-refractivity contribution in [3.8, 4) is 0 Å². The van der Waals surface area contributed by atoms with Crippen molar-refractivity contribution in [2.24, 2.45) is 0 Å². The molecule has 1 aromatic rings. The lowest BCUT2D eigenvalue weighted by Crippen LogP contribution is -2.28. The van der Waals surface area contributed by atoms with E-state index in [1.807, 2.05) is 0 Å². The van der Waals surface area contributed by atoms with E-state index < -0.39 is 0 Å². The third-order valence-electron chi connectivity index (χ3n) is 4.67. The van der Waals surface area contributed by atoms with Crippen LogP contribution in [0.3, 0.4) is 0 Å². The highest BCUT2D eigenvalue weighted by Gasteiger charge is 2.20. The first kappa shape index (κ1) is 13.1. The van der Waals surface area contributed by atoms with E-state index >= 15 is 0 Å². The highest BCUT2D eigenvalue weighted by molar-refractivity contribution is 5.34. The summed E-state index contributed by atoms with van der Waals surface area (Å²) in [5.41, 5.74) is 4.62. The van der Waals surface area contributed by atoms with E-state index in [1.165, 1.54) is 64.0 Å². The lowest BCUT2D eigenvalue weighted by molar-refractivity contribution is 0.328. The van der Waals surface area contributed by atoms with Gasteiger partial charge in [-0.3, -0.25) is 4.90 Å². The van der Waals surface area contributed by atoms with Gasteiger partial charge in [-0.2, -0.15) is 0 Å². The molecule has 0 amide bonds. The number of aryl methyl sites for hydroxylation is 1. The first-order chi connectivity index (χ1) is 9.33. The number of hydrogen-bond donors (Lipinski definition) is 1. The molecule has 1 aromatic carbocycles. The zero-order valence-corrected chi connectivity index (χ0v) is 12.1. The minimum atomic E-state index is 0.777. The van der Waals surface area contributed by atoms with E-state index in [1.54, 1.807) is 11.1 Å². The van der Waals surface area contributed by atoms with Gasteiger partial charge in [-0.1, -0.05) is 23.8 Å². The zero-order chi connectivity index (χ0) is 13.1. The normalized spacial score (nSPS) is 21.9. The number of nitrogens with one attached hydrogen (secondary N) is 1. The van der Waals surface area contributed by atoms with Crippen molar-refractivity contribution in [2.45, 2.75) is 45.1 Å². The first-order valence-corrected chi connectivity index (χ1v) is 7.85. The van der Waals surface area contributed by atoms with Crippen LogP contribution < -0.4 is 5.32 Å². The summed E-state index contributed by atoms with van der Waals surface area (Å²) in [5, 5.41) is 3.48. The number of benzene rings is 1. The predicted molar refractivity (Wildman–Crippen MR) is 80.5 cm³/mol. The Balaban J connectivity index is 1.80. The van der Waals surface area contributed by atoms with Crippen LogP contribution in [0, 0.1) is 6.92 Å². The van der Waals surface area contributed by atoms with Gasteiger partial charge < -0.3 is 5.32 Å². The molecule has 2 fully saturated rings. The summed E-state index contributed by atoms with van der Waals surface area (Å²) in [5.74, 6) is 0.777. The Kier molecular flexibility index (Phi) is 4.19. The number of piperidine rings is 1. The van der Waals surface area contributed by atoms with E-state index in [0.717, 1.165) is 5.92 Å². The lowest BCUT2D eigenvalue weighted by Gasteiger charge is -2.27. The molecule has 2 heteroatoms. The van der Waals surface area contributed by atoms with Crippen molar-refractivity contribution in [3.63, 3.8) is 0 Å². The molecule has 2 heterocycles. The maximum atomic E-state index is 3.48. The van der Waals surface area contributed by atoms with Gasteiger partial charge in [-0.25, -0.2) is 0 Å². The quantitative estimate of drug-likeness (QED) is 0.896. The molecule has 0 aliphatic carbocycles. The fourth-order valence-electron chi connectivity index (χ4n) is 3.58. The Morgan fingerprint density at radius 1 is 1.16 bits per heavy atom. The van der Waals surface area contributed by atoms with Crippen LogP contribution in [0.1, 0.15) is 48.3 Å². The van der Waals surface area contributed by atoms with Gasteiger partial charge in [0.2, 0.25) is 0 Å². The van der Waals surface area contributed by atoms with Crippen molar-refractivity contribution < 1.29 is 0 Å². The van der Waals surface area contributed by atoms with Crippen LogP contribution >= 0.6 is 0 Å². The summed E-state index contributed by atoms with van der Waals surface area (Å²) >= 11 is 0. The summed E-state index contributed by atoms with van der Waals surface area (Å²) in [6, 6.07) is 7.12. The van der Waals surface area contributed by atoms with Crippen LogP contribution in [0.4, 0.5) is 0 Å². The van der Waals surface area contributed by atoms with E-state index in [4.69, 9.17) is 0 Å².